The van der Waals surface area contributed by atoms with E-state index in [1.54, 1.807) is 6.07 Å². The Labute approximate surface area is 160 Å². The average molecular weight is 376 g/mol. The smallest absolute Gasteiger partial charge is 0.261 e. The van der Waals surface area contributed by atoms with Crippen molar-refractivity contribution in [2.24, 2.45) is 0 Å². The van der Waals surface area contributed by atoms with Crippen molar-refractivity contribution < 1.29 is 4.79 Å². The molecule has 1 aromatic heterocycles. The molecule has 1 aliphatic rings. The van der Waals surface area contributed by atoms with Crippen molar-refractivity contribution in [2.75, 3.05) is 19.6 Å². The van der Waals surface area contributed by atoms with E-state index in [0.29, 0.717) is 6.54 Å². The quantitative estimate of drug-likeness (QED) is 0.844. The fraction of sp³-hybridized carbons (Fsp3) is 0.400. The topological polar surface area (TPSA) is 65.2 Å². The molecule has 0 unspecified atom stereocenters. The van der Waals surface area contributed by atoms with Gasteiger partial charge in [-0.15, -0.1) is 12.4 Å². The van der Waals surface area contributed by atoms with Crippen molar-refractivity contribution in [2.45, 2.75) is 32.2 Å². The number of carbonyl (C=O) groups is 1. The number of benzene rings is 1. The van der Waals surface area contributed by atoms with Gasteiger partial charge in [-0.05, 0) is 50.0 Å². The molecular formula is C20H26ClN3O2. The lowest BCUT2D eigenvalue weighted by atomic mass is 10.0. The van der Waals surface area contributed by atoms with E-state index in [0.717, 1.165) is 43.6 Å². The normalized spacial score (nSPS) is 14.5. The van der Waals surface area contributed by atoms with Gasteiger partial charge in [0.15, 0.2) is 0 Å². The minimum Gasteiger partial charge on any atom is -0.335 e. The lowest BCUT2D eigenvalue weighted by Gasteiger charge is -2.34. The minimum absolute atomic E-state index is 0. The number of hydrogen-bond acceptors (Lipinski definition) is 3. The molecule has 1 aliphatic heterocycles. The second-order valence-corrected chi connectivity index (χ2v) is 6.46. The first kappa shape index (κ1) is 20.2. The van der Waals surface area contributed by atoms with Crippen LogP contribution in [0.25, 0.3) is 11.3 Å². The number of hydrogen-bond donors (Lipinski definition) is 2. The highest BCUT2D eigenvalue weighted by molar-refractivity contribution is 5.94. The fourth-order valence-electron chi connectivity index (χ4n) is 3.39. The Bertz CT molecular complexity index is 770. The van der Waals surface area contributed by atoms with Gasteiger partial charge in [0.25, 0.3) is 11.5 Å². The van der Waals surface area contributed by atoms with Crippen molar-refractivity contribution in [1.82, 2.24) is 15.2 Å². The summed E-state index contributed by atoms with van der Waals surface area (Å²) >= 11 is 0. The molecule has 1 saturated heterocycles. The number of amides is 1. The van der Waals surface area contributed by atoms with Crippen molar-refractivity contribution in [1.29, 1.82) is 0 Å². The molecule has 1 fully saturated rings. The molecule has 0 saturated carbocycles. The minimum atomic E-state index is -0.318. The molecule has 6 heteroatoms. The zero-order valence-electron chi connectivity index (χ0n) is 15.0. The van der Waals surface area contributed by atoms with E-state index in [1.807, 2.05) is 41.3 Å². The van der Waals surface area contributed by atoms with Crippen molar-refractivity contribution in [3.8, 4) is 11.3 Å². The molecule has 3 rings (SSSR count). The third kappa shape index (κ3) is 4.54. The van der Waals surface area contributed by atoms with E-state index in [1.165, 1.54) is 0 Å². The number of aromatic amines is 1. The molecule has 0 radical (unpaired) electrons. The van der Waals surface area contributed by atoms with E-state index >= 15 is 0 Å². The van der Waals surface area contributed by atoms with Crippen LogP contribution in [0, 0.1) is 0 Å². The monoisotopic (exact) mass is 375 g/mol. The van der Waals surface area contributed by atoms with Crippen LogP contribution >= 0.6 is 12.4 Å². The van der Waals surface area contributed by atoms with E-state index < -0.39 is 0 Å². The molecule has 0 atom stereocenters. The third-order valence-electron chi connectivity index (χ3n) is 4.70. The molecular weight excluding hydrogens is 350 g/mol. The van der Waals surface area contributed by atoms with Crippen LogP contribution in [0.2, 0.25) is 0 Å². The number of H-pyrrole nitrogens is 1. The van der Waals surface area contributed by atoms with Crippen molar-refractivity contribution >= 4 is 18.3 Å². The standard InChI is InChI=1S/C20H25N3O2.ClH/c1-2-14-23(16-10-12-21-13-11-16)20(25)17-8-9-18(22-19(17)24)15-6-4-3-5-7-15;/h3-9,16,21H,2,10-14H2,1H3,(H,22,24);1H. The maximum Gasteiger partial charge on any atom is 0.261 e. The molecule has 26 heavy (non-hydrogen) atoms. The first-order chi connectivity index (χ1) is 12.2. The molecule has 140 valence electrons. The Balaban J connectivity index is 0.00000243. The summed E-state index contributed by atoms with van der Waals surface area (Å²) < 4.78 is 0. The second-order valence-electron chi connectivity index (χ2n) is 6.46. The van der Waals surface area contributed by atoms with E-state index in [2.05, 4.69) is 17.2 Å². The predicted molar refractivity (Wildman–Crippen MR) is 107 cm³/mol. The zero-order chi connectivity index (χ0) is 17.6. The lowest BCUT2D eigenvalue weighted by Crippen LogP contribution is -2.47. The first-order valence-corrected chi connectivity index (χ1v) is 9.01. The van der Waals surface area contributed by atoms with Crippen LogP contribution in [0.4, 0.5) is 0 Å². The number of rotatable bonds is 5. The molecule has 0 aliphatic carbocycles. The predicted octanol–water partition coefficient (Wildman–Crippen LogP) is 3.07. The van der Waals surface area contributed by atoms with E-state index in [-0.39, 0.29) is 35.5 Å². The highest BCUT2D eigenvalue weighted by Gasteiger charge is 2.27. The van der Waals surface area contributed by atoms with Gasteiger partial charge in [-0.3, -0.25) is 9.59 Å². The van der Waals surface area contributed by atoms with Gasteiger partial charge in [0, 0.05) is 18.3 Å². The maximum absolute atomic E-state index is 13.0. The number of nitrogens with zero attached hydrogens (tertiary/aromatic N) is 1. The number of piperidine rings is 1. The summed E-state index contributed by atoms with van der Waals surface area (Å²) in [5.41, 5.74) is 1.57. The van der Waals surface area contributed by atoms with Crippen molar-refractivity contribution in [3.63, 3.8) is 0 Å². The Kier molecular flexibility index (Phi) is 7.42. The van der Waals surface area contributed by atoms with Gasteiger partial charge in [0.05, 0.1) is 0 Å². The Morgan fingerprint density at radius 2 is 1.81 bits per heavy atom. The van der Waals surface area contributed by atoms with Crippen LogP contribution in [-0.2, 0) is 0 Å². The SMILES string of the molecule is CCCN(C(=O)c1ccc(-c2ccccc2)[nH]c1=O)C1CCNCC1.Cl. The molecule has 2 heterocycles. The van der Waals surface area contributed by atoms with E-state index in [4.69, 9.17) is 0 Å². The van der Waals surface area contributed by atoms with Crippen LogP contribution in [-0.4, -0.2) is 41.5 Å². The highest BCUT2D eigenvalue weighted by Crippen LogP contribution is 2.18. The van der Waals surface area contributed by atoms with Crippen LogP contribution in [0.3, 0.4) is 0 Å². The zero-order valence-corrected chi connectivity index (χ0v) is 15.8. The highest BCUT2D eigenvalue weighted by atomic mass is 35.5. The van der Waals surface area contributed by atoms with Gasteiger partial charge < -0.3 is 15.2 Å². The van der Waals surface area contributed by atoms with Gasteiger partial charge >= 0.3 is 0 Å². The van der Waals surface area contributed by atoms with Gasteiger partial charge in [0.2, 0.25) is 0 Å². The summed E-state index contributed by atoms with van der Waals surface area (Å²) in [6.45, 7) is 4.58. The van der Waals surface area contributed by atoms with Gasteiger partial charge in [-0.1, -0.05) is 37.3 Å². The molecule has 0 spiro atoms. The van der Waals surface area contributed by atoms with Crippen LogP contribution in [0.15, 0.2) is 47.3 Å². The Morgan fingerprint density at radius 1 is 1.12 bits per heavy atom. The van der Waals surface area contributed by atoms with Crippen molar-refractivity contribution in [3.05, 3.63) is 58.4 Å². The Morgan fingerprint density at radius 3 is 2.42 bits per heavy atom. The molecule has 2 N–H and O–H groups in total. The molecule has 1 amide bonds. The third-order valence-corrected chi connectivity index (χ3v) is 4.70. The lowest BCUT2D eigenvalue weighted by molar-refractivity contribution is 0.0641. The van der Waals surface area contributed by atoms with E-state index in [9.17, 15) is 9.59 Å². The summed E-state index contributed by atoms with van der Waals surface area (Å²) in [4.78, 5) is 30.3. The van der Waals surface area contributed by atoms with Crippen LogP contribution in [0.5, 0.6) is 0 Å². The summed E-state index contributed by atoms with van der Waals surface area (Å²) in [5.74, 6) is -0.158. The number of carbonyl (C=O) groups excluding carboxylic acids is 1. The Hall–Kier alpha value is -2.11. The average Bonchev–Trinajstić information content (AvgIpc) is 2.67. The number of aromatic nitrogens is 1. The number of halogens is 1. The molecule has 1 aromatic carbocycles. The van der Waals surface area contributed by atoms with Gasteiger partial charge in [0.1, 0.15) is 5.56 Å². The van der Waals surface area contributed by atoms with Crippen LogP contribution < -0.4 is 10.9 Å². The van der Waals surface area contributed by atoms with Crippen LogP contribution in [0.1, 0.15) is 36.5 Å². The second kappa shape index (κ2) is 9.55. The summed E-state index contributed by atoms with van der Waals surface area (Å²) in [6.07, 6.45) is 2.76. The summed E-state index contributed by atoms with van der Waals surface area (Å²) in [5, 5.41) is 3.32. The number of nitrogens with one attached hydrogen (secondary N) is 2. The largest absolute Gasteiger partial charge is 0.335 e. The maximum atomic E-state index is 13.0. The van der Waals surface area contributed by atoms with Gasteiger partial charge in [-0.2, -0.15) is 0 Å². The molecule has 2 aromatic rings. The summed E-state index contributed by atoms with van der Waals surface area (Å²) in [6, 6.07) is 13.3. The molecule has 0 bridgehead atoms. The number of pyridine rings is 1. The first-order valence-electron chi connectivity index (χ1n) is 9.01. The fourth-order valence-corrected chi connectivity index (χ4v) is 3.39. The summed E-state index contributed by atoms with van der Waals surface area (Å²) in [7, 11) is 0. The molecule has 5 nitrogen and oxygen atoms in total. The van der Waals surface area contributed by atoms with Gasteiger partial charge in [-0.25, -0.2) is 0 Å².